The summed E-state index contributed by atoms with van der Waals surface area (Å²) >= 11 is 0. The molecule has 1 heterocycles. The summed E-state index contributed by atoms with van der Waals surface area (Å²) in [7, 11) is -3.93. The highest BCUT2D eigenvalue weighted by atomic mass is 32.2. The van der Waals surface area contributed by atoms with Gasteiger partial charge in [0.15, 0.2) is 0 Å². The van der Waals surface area contributed by atoms with E-state index in [4.69, 9.17) is 0 Å². The van der Waals surface area contributed by atoms with E-state index in [9.17, 15) is 28.0 Å². The molecule has 1 aromatic carbocycles. The first kappa shape index (κ1) is 15.8. The van der Waals surface area contributed by atoms with Crippen molar-refractivity contribution < 1.29 is 22.8 Å². The normalized spacial score (nSPS) is 21.4. The number of nitrogens with zero attached hydrogens (tertiary/aromatic N) is 2. The highest BCUT2D eigenvalue weighted by Gasteiger charge is 2.35. The molecular weight excluding hydrogens is 303 g/mol. The molecule has 1 fully saturated rings. The molecule has 0 spiro atoms. The maximum Gasteiger partial charge on any atom is 0.306 e. The van der Waals surface area contributed by atoms with Crippen LogP contribution in [0.25, 0.3) is 0 Å². The van der Waals surface area contributed by atoms with Gasteiger partial charge in [0.05, 0.1) is 15.9 Å². The Labute approximate surface area is 121 Å². The molecule has 1 aromatic rings. The lowest BCUT2D eigenvalue weighted by molar-refractivity contribution is -0.387. The Morgan fingerprint density at radius 3 is 2.71 bits per heavy atom. The number of halogens is 1. The molecule has 0 saturated carbocycles. The van der Waals surface area contributed by atoms with Crippen LogP contribution in [0, 0.1) is 21.8 Å². The first-order valence-electron chi connectivity index (χ1n) is 6.35. The fraction of sp³-hybridized carbons (Fsp3) is 0.500. The van der Waals surface area contributed by atoms with E-state index in [0.717, 1.165) is 22.5 Å². The largest absolute Gasteiger partial charge is 0.393 e. The van der Waals surface area contributed by atoms with Crippen LogP contribution in [0.3, 0.4) is 0 Å². The fourth-order valence-electron chi connectivity index (χ4n) is 2.31. The van der Waals surface area contributed by atoms with Crippen molar-refractivity contribution in [3.05, 3.63) is 34.1 Å². The van der Waals surface area contributed by atoms with Crippen molar-refractivity contribution in [2.45, 2.75) is 24.3 Å². The molecule has 0 aromatic heterocycles. The van der Waals surface area contributed by atoms with Crippen molar-refractivity contribution in [1.29, 1.82) is 0 Å². The van der Waals surface area contributed by atoms with Crippen molar-refractivity contribution in [1.82, 2.24) is 4.31 Å². The van der Waals surface area contributed by atoms with Gasteiger partial charge in [-0.2, -0.15) is 8.70 Å². The lowest BCUT2D eigenvalue weighted by Gasteiger charge is -2.17. The average molecular weight is 318 g/mol. The molecule has 1 aliphatic rings. The molecule has 1 N–H and O–H groups in total. The summed E-state index contributed by atoms with van der Waals surface area (Å²) in [5.41, 5.74) is -0.873. The van der Waals surface area contributed by atoms with Gasteiger partial charge in [0.2, 0.25) is 15.8 Å². The Bertz CT molecular complexity index is 662. The molecule has 0 bridgehead atoms. The predicted molar refractivity (Wildman–Crippen MR) is 71.6 cm³/mol. The molecule has 0 amide bonds. The standard InChI is InChI=1S/C12H15FN2O5S/c1-8(16)9-4-5-14(7-9)21(19,20)10-2-3-11(13)12(6-10)15(17)18/h2-3,6,8-9,16H,4-5,7H2,1H3. The molecule has 0 aliphatic carbocycles. The maximum atomic E-state index is 13.3. The maximum absolute atomic E-state index is 13.3. The van der Waals surface area contributed by atoms with Crippen LogP contribution < -0.4 is 0 Å². The summed E-state index contributed by atoms with van der Waals surface area (Å²) in [6.45, 7) is 1.96. The second kappa shape index (κ2) is 5.66. The second-order valence-corrected chi connectivity index (χ2v) is 6.96. The smallest absolute Gasteiger partial charge is 0.306 e. The van der Waals surface area contributed by atoms with Gasteiger partial charge in [0, 0.05) is 19.2 Å². The van der Waals surface area contributed by atoms with Gasteiger partial charge in [-0.05, 0) is 31.4 Å². The molecule has 2 rings (SSSR count). The lowest BCUT2D eigenvalue weighted by atomic mass is 10.0. The number of benzene rings is 1. The Balaban J connectivity index is 2.33. The van der Waals surface area contributed by atoms with E-state index in [0.29, 0.717) is 6.42 Å². The van der Waals surface area contributed by atoms with E-state index in [-0.39, 0.29) is 23.9 Å². The minimum Gasteiger partial charge on any atom is -0.393 e. The number of sulfonamides is 1. The van der Waals surface area contributed by atoms with Crippen LogP contribution in [0.5, 0.6) is 0 Å². The van der Waals surface area contributed by atoms with Crippen molar-refractivity contribution in [2.75, 3.05) is 13.1 Å². The third-order valence-electron chi connectivity index (χ3n) is 3.62. The molecular formula is C12H15FN2O5S. The number of hydrogen-bond donors (Lipinski definition) is 1. The highest BCUT2D eigenvalue weighted by Crippen LogP contribution is 2.28. The summed E-state index contributed by atoms with van der Waals surface area (Å²) in [5, 5.41) is 20.2. The molecule has 0 radical (unpaired) electrons. The number of nitro benzene ring substituents is 1. The van der Waals surface area contributed by atoms with E-state index in [1.54, 1.807) is 6.92 Å². The van der Waals surface area contributed by atoms with Crippen molar-refractivity contribution >= 4 is 15.7 Å². The summed E-state index contributed by atoms with van der Waals surface area (Å²) < 4.78 is 39.2. The SMILES string of the molecule is CC(O)C1CCN(S(=O)(=O)c2ccc(F)c([N+](=O)[O-])c2)C1. The van der Waals surface area contributed by atoms with Crippen LogP contribution >= 0.6 is 0 Å². The Kier molecular flexibility index (Phi) is 4.26. The minimum absolute atomic E-state index is 0.144. The van der Waals surface area contributed by atoms with E-state index < -0.39 is 32.6 Å². The third kappa shape index (κ3) is 3.04. The van der Waals surface area contributed by atoms with E-state index >= 15 is 0 Å². The lowest BCUT2D eigenvalue weighted by Crippen LogP contribution is -2.30. The van der Waals surface area contributed by atoms with E-state index in [2.05, 4.69) is 0 Å². The van der Waals surface area contributed by atoms with Gasteiger partial charge >= 0.3 is 5.69 Å². The van der Waals surface area contributed by atoms with Gasteiger partial charge in [0.25, 0.3) is 0 Å². The van der Waals surface area contributed by atoms with Gasteiger partial charge in [-0.25, -0.2) is 8.42 Å². The molecule has 21 heavy (non-hydrogen) atoms. The summed E-state index contributed by atoms with van der Waals surface area (Å²) in [6, 6.07) is 2.50. The zero-order chi connectivity index (χ0) is 15.8. The van der Waals surface area contributed by atoms with E-state index in [1.807, 2.05) is 0 Å². The minimum atomic E-state index is -3.93. The van der Waals surface area contributed by atoms with E-state index in [1.165, 1.54) is 0 Å². The quantitative estimate of drug-likeness (QED) is 0.662. The third-order valence-corrected chi connectivity index (χ3v) is 5.48. The Morgan fingerprint density at radius 2 is 2.19 bits per heavy atom. The molecule has 1 aliphatic heterocycles. The second-order valence-electron chi connectivity index (χ2n) is 5.02. The van der Waals surface area contributed by atoms with Crippen LogP contribution in [-0.2, 0) is 10.0 Å². The van der Waals surface area contributed by atoms with Crippen LogP contribution in [0.1, 0.15) is 13.3 Å². The number of aliphatic hydroxyl groups is 1. The fourth-order valence-corrected chi connectivity index (χ4v) is 3.84. The summed E-state index contributed by atoms with van der Waals surface area (Å²) in [4.78, 5) is 9.41. The first-order valence-corrected chi connectivity index (χ1v) is 7.79. The molecule has 116 valence electrons. The predicted octanol–water partition coefficient (Wildman–Crippen LogP) is 1.13. The van der Waals surface area contributed by atoms with Crippen molar-refractivity contribution in [2.24, 2.45) is 5.92 Å². The Morgan fingerprint density at radius 1 is 1.52 bits per heavy atom. The van der Waals surface area contributed by atoms with Gasteiger partial charge in [-0.15, -0.1) is 0 Å². The number of aliphatic hydroxyl groups excluding tert-OH is 1. The van der Waals surface area contributed by atoms with Crippen LogP contribution in [0.15, 0.2) is 23.1 Å². The molecule has 2 unspecified atom stereocenters. The summed E-state index contributed by atoms with van der Waals surface area (Å²) in [5.74, 6) is -1.25. The molecule has 1 saturated heterocycles. The summed E-state index contributed by atoms with van der Waals surface area (Å²) in [6.07, 6.45) is -0.118. The first-order chi connectivity index (χ1) is 9.73. The van der Waals surface area contributed by atoms with Crippen molar-refractivity contribution in [3.8, 4) is 0 Å². The number of nitro groups is 1. The van der Waals surface area contributed by atoms with Crippen molar-refractivity contribution in [3.63, 3.8) is 0 Å². The molecule has 2 atom stereocenters. The van der Waals surface area contributed by atoms with Crippen LogP contribution in [0.2, 0.25) is 0 Å². The van der Waals surface area contributed by atoms with Gasteiger partial charge in [-0.3, -0.25) is 10.1 Å². The van der Waals surface area contributed by atoms with Crippen LogP contribution in [0.4, 0.5) is 10.1 Å². The monoisotopic (exact) mass is 318 g/mol. The van der Waals surface area contributed by atoms with Gasteiger partial charge in [0.1, 0.15) is 0 Å². The van der Waals surface area contributed by atoms with Crippen LogP contribution in [-0.4, -0.2) is 41.9 Å². The number of hydrogen-bond acceptors (Lipinski definition) is 5. The zero-order valence-electron chi connectivity index (χ0n) is 11.3. The number of rotatable bonds is 4. The average Bonchev–Trinajstić information content (AvgIpc) is 2.89. The topological polar surface area (TPSA) is 101 Å². The molecule has 9 heteroatoms. The van der Waals surface area contributed by atoms with Gasteiger partial charge < -0.3 is 5.11 Å². The zero-order valence-corrected chi connectivity index (χ0v) is 12.1. The molecule has 7 nitrogen and oxygen atoms in total. The van der Waals surface area contributed by atoms with Gasteiger partial charge in [-0.1, -0.05) is 0 Å². The highest BCUT2D eigenvalue weighted by molar-refractivity contribution is 7.89. The Hall–Kier alpha value is -1.58.